The van der Waals surface area contributed by atoms with E-state index in [2.05, 4.69) is 39.6 Å². The molecule has 3 rings (SSSR count). The van der Waals surface area contributed by atoms with Crippen LogP contribution in [0.3, 0.4) is 0 Å². The van der Waals surface area contributed by atoms with E-state index in [1.54, 1.807) is 22.4 Å². The Morgan fingerprint density at radius 3 is 2.65 bits per heavy atom. The minimum Gasteiger partial charge on any atom is -0.283 e. The van der Waals surface area contributed by atoms with Crippen LogP contribution in [0.2, 0.25) is 0 Å². The van der Waals surface area contributed by atoms with Gasteiger partial charge < -0.3 is 0 Å². The van der Waals surface area contributed by atoms with Gasteiger partial charge in [-0.25, -0.2) is 4.98 Å². The Kier molecular flexibility index (Phi) is 4.98. The Bertz CT molecular complexity index is 903. The molecule has 0 unspecified atom stereocenters. The van der Waals surface area contributed by atoms with Crippen LogP contribution >= 0.6 is 27.7 Å². The van der Waals surface area contributed by atoms with Gasteiger partial charge in [-0.15, -0.1) is 6.58 Å². The van der Waals surface area contributed by atoms with Crippen LogP contribution in [0.5, 0.6) is 0 Å². The third-order valence-corrected chi connectivity index (χ3v) is 5.00. The molecule has 2 aromatic carbocycles. The van der Waals surface area contributed by atoms with E-state index in [1.165, 1.54) is 5.56 Å². The number of halogens is 1. The molecule has 0 bridgehead atoms. The molecular formula is C18H15BrN2OS. The fourth-order valence-corrected chi connectivity index (χ4v) is 3.51. The maximum Gasteiger partial charge on any atom is 0.262 e. The molecule has 0 spiro atoms. The van der Waals surface area contributed by atoms with Gasteiger partial charge in [0, 0.05) is 16.8 Å². The highest BCUT2D eigenvalue weighted by Gasteiger charge is 2.10. The first-order chi connectivity index (χ1) is 11.2. The average Bonchev–Trinajstić information content (AvgIpc) is 2.57. The zero-order chi connectivity index (χ0) is 16.2. The van der Waals surface area contributed by atoms with Gasteiger partial charge in [0.1, 0.15) is 0 Å². The monoisotopic (exact) mass is 386 g/mol. The topological polar surface area (TPSA) is 34.9 Å². The molecule has 3 aromatic rings. The maximum absolute atomic E-state index is 12.7. The fourth-order valence-electron chi connectivity index (χ4n) is 2.28. The second-order valence-corrected chi connectivity index (χ2v) is 6.89. The lowest BCUT2D eigenvalue weighted by Crippen LogP contribution is -2.22. The van der Waals surface area contributed by atoms with Crippen molar-refractivity contribution in [1.82, 2.24) is 9.55 Å². The van der Waals surface area contributed by atoms with Crippen molar-refractivity contribution < 1.29 is 0 Å². The SMILES string of the molecule is C=CCn1c(SCc2ccc(Br)cc2)nc2ccccc2c1=O. The van der Waals surface area contributed by atoms with Crippen LogP contribution in [0.1, 0.15) is 5.56 Å². The largest absolute Gasteiger partial charge is 0.283 e. The lowest BCUT2D eigenvalue weighted by molar-refractivity contribution is 0.671. The van der Waals surface area contributed by atoms with Crippen LogP contribution in [-0.4, -0.2) is 9.55 Å². The van der Waals surface area contributed by atoms with E-state index in [4.69, 9.17) is 0 Å². The smallest absolute Gasteiger partial charge is 0.262 e. The number of hydrogen-bond acceptors (Lipinski definition) is 3. The lowest BCUT2D eigenvalue weighted by Gasteiger charge is -2.11. The number of rotatable bonds is 5. The molecule has 116 valence electrons. The van der Waals surface area contributed by atoms with E-state index in [9.17, 15) is 4.79 Å². The molecule has 0 saturated heterocycles. The highest BCUT2D eigenvalue weighted by Crippen LogP contribution is 2.23. The molecule has 1 heterocycles. The predicted octanol–water partition coefficient (Wildman–Crippen LogP) is 4.64. The van der Waals surface area contributed by atoms with Crippen molar-refractivity contribution in [2.45, 2.75) is 17.5 Å². The molecule has 0 amide bonds. The number of allylic oxidation sites excluding steroid dienone is 1. The van der Waals surface area contributed by atoms with Gasteiger partial charge in [0.2, 0.25) is 0 Å². The second kappa shape index (κ2) is 7.15. The third-order valence-electron chi connectivity index (χ3n) is 3.42. The number of hydrogen-bond donors (Lipinski definition) is 0. The van der Waals surface area contributed by atoms with Crippen molar-refractivity contribution in [3.8, 4) is 0 Å². The van der Waals surface area contributed by atoms with Crippen molar-refractivity contribution in [2.24, 2.45) is 0 Å². The van der Waals surface area contributed by atoms with Crippen LogP contribution in [0, 0.1) is 0 Å². The Hall–Kier alpha value is -1.85. The Balaban J connectivity index is 1.98. The number of benzene rings is 2. The van der Waals surface area contributed by atoms with Gasteiger partial charge in [-0.1, -0.05) is 58.0 Å². The minimum absolute atomic E-state index is 0.0196. The molecule has 0 saturated carbocycles. The van der Waals surface area contributed by atoms with Crippen molar-refractivity contribution in [1.29, 1.82) is 0 Å². The summed E-state index contributed by atoms with van der Waals surface area (Å²) in [5.41, 5.74) is 1.90. The van der Waals surface area contributed by atoms with E-state index in [0.717, 1.165) is 20.9 Å². The van der Waals surface area contributed by atoms with E-state index in [1.807, 2.05) is 36.4 Å². The van der Waals surface area contributed by atoms with E-state index < -0.39 is 0 Å². The first-order valence-corrected chi connectivity index (χ1v) is 8.94. The Morgan fingerprint density at radius 1 is 1.17 bits per heavy atom. The molecule has 0 N–H and O–H groups in total. The normalized spacial score (nSPS) is 10.8. The molecule has 0 aliphatic heterocycles. The molecule has 23 heavy (non-hydrogen) atoms. The van der Waals surface area contributed by atoms with Crippen LogP contribution < -0.4 is 5.56 Å². The Morgan fingerprint density at radius 2 is 1.91 bits per heavy atom. The fraction of sp³-hybridized carbons (Fsp3) is 0.111. The van der Waals surface area contributed by atoms with Crippen molar-refractivity contribution in [2.75, 3.05) is 0 Å². The minimum atomic E-state index is -0.0196. The molecule has 5 heteroatoms. The van der Waals surface area contributed by atoms with Crippen LogP contribution in [0.15, 0.2) is 75.6 Å². The zero-order valence-corrected chi connectivity index (χ0v) is 14.8. The Labute approximate surface area is 147 Å². The van der Waals surface area contributed by atoms with E-state index in [-0.39, 0.29) is 5.56 Å². The van der Waals surface area contributed by atoms with Gasteiger partial charge in [0.15, 0.2) is 5.16 Å². The van der Waals surface area contributed by atoms with Crippen LogP contribution in [0.25, 0.3) is 10.9 Å². The molecule has 0 aliphatic rings. The summed E-state index contributed by atoms with van der Waals surface area (Å²) < 4.78 is 2.73. The predicted molar refractivity (Wildman–Crippen MR) is 99.9 cm³/mol. The molecular weight excluding hydrogens is 372 g/mol. The molecule has 0 aliphatic carbocycles. The third kappa shape index (κ3) is 3.57. The van der Waals surface area contributed by atoms with Gasteiger partial charge in [0.05, 0.1) is 10.9 Å². The summed E-state index contributed by atoms with van der Waals surface area (Å²) in [4.78, 5) is 17.3. The van der Waals surface area contributed by atoms with E-state index >= 15 is 0 Å². The van der Waals surface area contributed by atoms with Gasteiger partial charge in [0.25, 0.3) is 5.56 Å². The van der Waals surface area contributed by atoms with Gasteiger partial charge in [-0.05, 0) is 29.8 Å². The standard InChI is InChI=1S/C18H15BrN2OS/c1-2-11-21-17(22)15-5-3-4-6-16(15)20-18(21)23-12-13-7-9-14(19)10-8-13/h2-10H,1,11-12H2. The molecule has 0 radical (unpaired) electrons. The number of para-hydroxylation sites is 1. The molecule has 1 aromatic heterocycles. The van der Waals surface area contributed by atoms with Crippen LogP contribution in [-0.2, 0) is 12.3 Å². The van der Waals surface area contributed by atoms with Crippen molar-refractivity contribution >= 4 is 38.6 Å². The summed E-state index contributed by atoms with van der Waals surface area (Å²) in [6, 6.07) is 15.6. The first kappa shape index (κ1) is 16.0. The zero-order valence-electron chi connectivity index (χ0n) is 12.4. The highest BCUT2D eigenvalue weighted by atomic mass is 79.9. The van der Waals surface area contributed by atoms with E-state index in [0.29, 0.717) is 11.9 Å². The summed E-state index contributed by atoms with van der Waals surface area (Å²) >= 11 is 5.00. The van der Waals surface area contributed by atoms with Gasteiger partial charge >= 0.3 is 0 Å². The second-order valence-electron chi connectivity index (χ2n) is 5.03. The summed E-state index contributed by atoms with van der Waals surface area (Å²) in [6.07, 6.45) is 1.72. The number of nitrogens with zero attached hydrogens (tertiary/aromatic N) is 2. The molecule has 0 atom stereocenters. The average molecular weight is 387 g/mol. The summed E-state index contributed by atoms with van der Waals surface area (Å²) in [7, 11) is 0. The summed E-state index contributed by atoms with van der Waals surface area (Å²) in [5.74, 6) is 0.759. The summed E-state index contributed by atoms with van der Waals surface area (Å²) in [5, 5.41) is 1.36. The molecule has 0 fully saturated rings. The summed E-state index contributed by atoms with van der Waals surface area (Å²) in [6.45, 7) is 4.20. The van der Waals surface area contributed by atoms with Gasteiger partial charge in [-0.2, -0.15) is 0 Å². The quantitative estimate of drug-likeness (QED) is 0.364. The maximum atomic E-state index is 12.7. The van der Waals surface area contributed by atoms with Crippen LogP contribution in [0.4, 0.5) is 0 Å². The number of fused-ring (bicyclic) bond motifs is 1. The highest BCUT2D eigenvalue weighted by molar-refractivity contribution is 9.10. The molecule has 3 nitrogen and oxygen atoms in total. The number of thioether (sulfide) groups is 1. The first-order valence-electron chi connectivity index (χ1n) is 7.17. The van der Waals surface area contributed by atoms with Crippen molar-refractivity contribution in [3.63, 3.8) is 0 Å². The lowest BCUT2D eigenvalue weighted by atomic mass is 10.2. The van der Waals surface area contributed by atoms with Gasteiger partial charge in [-0.3, -0.25) is 9.36 Å². The van der Waals surface area contributed by atoms with Crippen molar-refractivity contribution in [3.05, 3.63) is 81.6 Å². The number of aromatic nitrogens is 2.